The number of aromatic nitrogens is 2. The summed E-state index contributed by atoms with van der Waals surface area (Å²) in [6.07, 6.45) is 7.60. The maximum Gasteiger partial charge on any atom is 0.255 e. The zero-order valence-electron chi connectivity index (χ0n) is 21.3. The van der Waals surface area contributed by atoms with Crippen molar-refractivity contribution in [2.75, 3.05) is 38.6 Å². The Morgan fingerprint density at radius 3 is 2.74 bits per heavy atom. The van der Waals surface area contributed by atoms with Crippen molar-refractivity contribution in [2.45, 2.75) is 20.0 Å². The number of rotatable bonds is 8. The summed E-state index contributed by atoms with van der Waals surface area (Å²) in [6.45, 7) is 6.21. The molecule has 1 aliphatic heterocycles. The third kappa shape index (κ3) is 6.87. The first-order valence-electron chi connectivity index (χ1n) is 12.3. The lowest BCUT2D eigenvalue weighted by Gasteiger charge is -2.27. The first-order chi connectivity index (χ1) is 18.3. The van der Waals surface area contributed by atoms with Crippen LogP contribution >= 0.6 is 11.6 Å². The summed E-state index contributed by atoms with van der Waals surface area (Å²) in [5, 5.41) is 3.27. The van der Waals surface area contributed by atoms with Crippen LogP contribution in [-0.4, -0.2) is 65.6 Å². The molecule has 0 radical (unpaired) electrons. The van der Waals surface area contributed by atoms with E-state index < -0.39 is 0 Å². The molecule has 0 bridgehead atoms. The molecule has 1 fully saturated rings. The van der Waals surface area contributed by atoms with Crippen molar-refractivity contribution in [2.24, 2.45) is 0 Å². The minimum Gasteiger partial charge on any atom is -0.487 e. The monoisotopic (exact) mass is 535 g/mol. The van der Waals surface area contributed by atoms with Gasteiger partial charge in [0.05, 0.1) is 30.3 Å². The molecule has 2 amide bonds. The number of ether oxygens (including phenoxy) is 2. The Bertz CT molecular complexity index is 1320. The van der Waals surface area contributed by atoms with Crippen molar-refractivity contribution in [3.05, 3.63) is 76.7 Å². The predicted molar refractivity (Wildman–Crippen MR) is 147 cm³/mol. The molecule has 1 saturated heterocycles. The molecule has 1 aliphatic rings. The van der Waals surface area contributed by atoms with Crippen LogP contribution in [0.3, 0.4) is 0 Å². The average molecular weight is 536 g/mol. The highest BCUT2D eigenvalue weighted by Gasteiger charge is 2.20. The number of nitrogens with two attached hydrogens (primary N) is 1. The minimum absolute atomic E-state index is 0.0724. The lowest BCUT2D eigenvalue weighted by Crippen LogP contribution is -2.40. The molecule has 10 heteroatoms. The Balaban J connectivity index is 1.42. The Labute approximate surface area is 226 Å². The number of pyridine rings is 2. The minimum atomic E-state index is -0.357. The topological polar surface area (TPSA) is 120 Å². The number of carbonyl (C=O) groups is 2. The molecule has 0 spiro atoms. The van der Waals surface area contributed by atoms with Gasteiger partial charge in [-0.05, 0) is 55.3 Å². The van der Waals surface area contributed by atoms with E-state index in [1.807, 2.05) is 26.0 Å². The predicted octanol–water partition coefficient (Wildman–Crippen LogP) is 3.76. The number of anilines is 1. The fraction of sp³-hybridized carbons (Fsp3) is 0.286. The van der Waals surface area contributed by atoms with Crippen LogP contribution in [0.1, 0.15) is 28.4 Å². The molecule has 3 N–H and O–H groups in total. The second-order valence-electron chi connectivity index (χ2n) is 8.94. The van der Waals surface area contributed by atoms with E-state index in [1.165, 1.54) is 6.08 Å². The fourth-order valence-corrected chi connectivity index (χ4v) is 4.25. The first kappa shape index (κ1) is 27.1. The van der Waals surface area contributed by atoms with Crippen LogP contribution in [0.2, 0.25) is 5.02 Å². The van der Waals surface area contributed by atoms with Gasteiger partial charge in [-0.3, -0.25) is 14.6 Å². The molecule has 3 aromatic rings. The molecule has 0 aliphatic carbocycles. The van der Waals surface area contributed by atoms with Crippen molar-refractivity contribution in [3.8, 4) is 16.9 Å². The van der Waals surface area contributed by atoms with E-state index >= 15 is 0 Å². The van der Waals surface area contributed by atoms with Crippen LogP contribution in [0, 0.1) is 6.92 Å². The van der Waals surface area contributed by atoms with Crippen LogP contribution in [-0.2, 0) is 9.53 Å². The van der Waals surface area contributed by atoms with Gasteiger partial charge in [0.15, 0.2) is 0 Å². The van der Waals surface area contributed by atoms with E-state index in [2.05, 4.69) is 15.3 Å². The number of amides is 2. The first-order valence-corrected chi connectivity index (χ1v) is 12.6. The summed E-state index contributed by atoms with van der Waals surface area (Å²) in [6, 6.07) is 8.91. The summed E-state index contributed by atoms with van der Waals surface area (Å²) >= 11 is 6.48. The summed E-state index contributed by atoms with van der Waals surface area (Å²) in [5.74, 6) is 0.596. The van der Waals surface area contributed by atoms with Crippen molar-refractivity contribution < 1.29 is 19.1 Å². The molecule has 0 saturated carbocycles. The Morgan fingerprint density at radius 2 is 2.00 bits per heavy atom. The van der Waals surface area contributed by atoms with E-state index in [0.717, 1.165) is 22.3 Å². The number of carbonyl (C=O) groups excluding carboxylic acids is 2. The lowest BCUT2D eigenvalue weighted by atomic mass is 9.99. The summed E-state index contributed by atoms with van der Waals surface area (Å²) < 4.78 is 11.5. The standard InChI is InChI=1S/C28H30ClN5O4/c1-18(14-33-26(35)8-4-20-3-7-25(30)32-15-20)38-27-19(2)23(5-6-24(27)29)21-13-22(17-31-16-21)28(36)34-9-11-37-12-10-34/h3-8,13,15-18H,9-12,14H2,1-2H3,(H2,30,32)(H,33,35). The number of hydrogen-bond donors (Lipinski definition) is 2. The van der Waals surface area contributed by atoms with E-state index in [4.69, 9.17) is 26.8 Å². The third-order valence-corrected chi connectivity index (χ3v) is 6.37. The summed E-state index contributed by atoms with van der Waals surface area (Å²) in [4.78, 5) is 35.3. The molecule has 4 rings (SSSR count). The highest BCUT2D eigenvalue weighted by Crippen LogP contribution is 2.36. The number of nitrogens with one attached hydrogen (secondary N) is 1. The molecule has 198 valence electrons. The van der Waals surface area contributed by atoms with Crippen LogP contribution in [0.4, 0.5) is 5.82 Å². The van der Waals surface area contributed by atoms with Gasteiger partial charge in [0, 0.05) is 48.9 Å². The zero-order chi connectivity index (χ0) is 27.1. The Morgan fingerprint density at radius 1 is 1.21 bits per heavy atom. The summed E-state index contributed by atoms with van der Waals surface area (Å²) in [5.41, 5.74) is 9.30. The molecule has 3 heterocycles. The van der Waals surface area contributed by atoms with Gasteiger partial charge in [-0.15, -0.1) is 0 Å². The van der Waals surface area contributed by atoms with Gasteiger partial charge < -0.3 is 25.4 Å². The molecule has 1 unspecified atom stereocenters. The highest BCUT2D eigenvalue weighted by atomic mass is 35.5. The molecule has 2 aromatic heterocycles. The number of nitrogens with zero attached hydrogens (tertiary/aromatic N) is 3. The Hall–Kier alpha value is -3.95. The largest absolute Gasteiger partial charge is 0.487 e. The quantitative estimate of drug-likeness (QED) is 0.421. The van der Waals surface area contributed by atoms with Gasteiger partial charge in [-0.25, -0.2) is 4.98 Å². The fourth-order valence-electron chi connectivity index (χ4n) is 4.00. The second-order valence-corrected chi connectivity index (χ2v) is 9.35. The number of morpholine rings is 1. The molecular formula is C28H30ClN5O4. The lowest BCUT2D eigenvalue weighted by molar-refractivity contribution is -0.116. The van der Waals surface area contributed by atoms with Gasteiger partial charge in [-0.1, -0.05) is 17.7 Å². The molecule has 1 atom stereocenters. The van der Waals surface area contributed by atoms with E-state index in [0.29, 0.717) is 48.5 Å². The maximum atomic E-state index is 12.9. The molecule has 38 heavy (non-hydrogen) atoms. The maximum absolute atomic E-state index is 12.9. The number of benzene rings is 1. The van der Waals surface area contributed by atoms with Gasteiger partial charge in [0.2, 0.25) is 5.91 Å². The highest BCUT2D eigenvalue weighted by molar-refractivity contribution is 6.32. The second kappa shape index (κ2) is 12.5. The smallest absolute Gasteiger partial charge is 0.255 e. The number of nitrogen functional groups attached to an aromatic ring is 1. The normalized spacial score (nSPS) is 14.3. The third-order valence-electron chi connectivity index (χ3n) is 6.07. The zero-order valence-corrected chi connectivity index (χ0v) is 22.1. The number of halogens is 1. The van der Waals surface area contributed by atoms with Crippen LogP contribution in [0.5, 0.6) is 5.75 Å². The van der Waals surface area contributed by atoms with Crippen LogP contribution in [0.15, 0.2) is 55.0 Å². The van der Waals surface area contributed by atoms with E-state index in [1.54, 1.807) is 47.8 Å². The van der Waals surface area contributed by atoms with Crippen LogP contribution in [0.25, 0.3) is 17.2 Å². The van der Waals surface area contributed by atoms with Gasteiger partial charge in [0.1, 0.15) is 17.7 Å². The van der Waals surface area contributed by atoms with Crippen LogP contribution < -0.4 is 15.8 Å². The van der Waals surface area contributed by atoms with Gasteiger partial charge >= 0.3 is 0 Å². The van der Waals surface area contributed by atoms with E-state index in [9.17, 15) is 9.59 Å². The van der Waals surface area contributed by atoms with Crippen molar-refractivity contribution in [3.63, 3.8) is 0 Å². The van der Waals surface area contributed by atoms with Crippen molar-refractivity contribution in [1.82, 2.24) is 20.2 Å². The van der Waals surface area contributed by atoms with E-state index in [-0.39, 0.29) is 24.5 Å². The molecule has 1 aromatic carbocycles. The summed E-state index contributed by atoms with van der Waals surface area (Å²) in [7, 11) is 0. The van der Waals surface area contributed by atoms with Gasteiger partial charge in [-0.2, -0.15) is 0 Å². The SMILES string of the molecule is Cc1c(-c2cncc(C(=O)N3CCOCC3)c2)ccc(Cl)c1OC(C)CNC(=O)C=Cc1ccc(N)nc1. The van der Waals surface area contributed by atoms with Crippen molar-refractivity contribution in [1.29, 1.82) is 0 Å². The number of hydrogen-bond acceptors (Lipinski definition) is 7. The van der Waals surface area contributed by atoms with Crippen molar-refractivity contribution >= 4 is 35.3 Å². The van der Waals surface area contributed by atoms with Gasteiger partial charge in [0.25, 0.3) is 5.91 Å². The average Bonchev–Trinajstić information content (AvgIpc) is 2.94. The Kier molecular flexibility index (Phi) is 8.93. The molecular weight excluding hydrogens is 506 g/mol. The molecule has 9 nitrogen and oxygen atoms in total.